The molecule has 4 nitrogen and oxygen atoms in total. The Kier molecular flexibility index (Phi) is 2.22. The van der Waals surface area contributed by atoms with Crippen LogP contribution in [-0.4, -0.2) is 20.5 Å². The fourth-order valence-electron chi connectivity index (χ4n) is 1.49. The summed E-state index contributed by atoms with van der Waals surface area (Å²) in [5, 5.41) is 9.13. The van der Waals surface area contributed by atoms with Crippen LogP contribution in [0.5, 0.6) is 0 Å². The Hall–Kier alpha value is -1.84. The Bertz CT molecular complexity index is 555. The molecule has 0 aliphatic carbocycles. The molecule has 0 bridgehead atoms. The predicted octanol–water partition coefficient (Wildman–Crippen LogP) is 2.00. The molecule has 0 amide bonds. The maximum atomic E-state index is 11.1. The average Bonchev–Trinajstić information content (AvgIpc) is 2.60. The lowest BCUT2D eigenvalue weighted by molar-refractivity contribution is -0.142. The molecule has 0 saturated heterocycles. The second kappa shape index (κ2) is 3.33. The van der Waals surface area contributed by atoms with Crippen LogP contribution in [-0.2, 0) is 10.2 Å². The molecule has 0 radical (unpaired) electrons. The molecule has 0 fully saturated rings. The van der Waals surface area contributed by atoms with Crippen LogP contribution in [0, 0.1) is 6.92 Å². The number of aromatic nitrogens is 2. The third-order valence-corrected chi connectivity index (χ3v) is 2.79. The number of pyridine rings is 1. The van der Waals surface area contributed by atoms with Crippen LogP contribution in [0.1, 0.15) is 25.1 Å². The molecule has 2 aromatic heterocycles. The largest absolute Gasteiger partial charge is 0.481 e. The molecule has 0 saturated carbocycles. The summed E-state index contributed by atoms with van der Waals surface area (Å²) in [4.78, 5) is 15.5. The predicted molar refractivity (Wildman–Crippen MR) is 60.6 cm³/mol. The first-order valence-corrected chi connectivity index (χ1v) is 5.10. The minimum atomic E-state index is -0.958. The van der Waals surface area contributed by atoms with E-state index in [1.54, 1.807) is 20.0 Å². The van der Waals surface area contributed by atoms with E-state index in [2.05, 4.69) is 4.98 Å². The molecule has 2 rings (SSSR count). The van der Waals surface area contributed by atoms with Crippen molar-refractivity contribution in [3.05, 3.63) is 35.8 Å². The highest BCUT2D eigenvalue weighted by Crippen LogP contribution is 2.23. The third kappa shape index (κ3) is 1.56. The van der Waals surface area contributed by atoms with Gasteiger partial charge in [-0.3, -0.25) is 4.79 Å². The molecule has 16 heavy (non-hydrogen) atoms. The summed E-state index contributed by atoms with van der Waals surface area (Å²) in [5.74, 6) is -0.868. The molecule has 2 aromatic rings. The number of carboxylic acids is 1. The molecule has 0 aliphatic rings. The van der Waals surface area contributed by atoms with Gasteiger partial charge in [0.15, 0.2) is 0 Å². The Morgan fingerprint density at radius 3 is 2.81 bits per heavy atom. The van der Waals surface area contributed by atoms with E-state index in [0.29, 0.717) is 5.69 Å². The van der Waals surface area contributed by atoms with Gasteiger partial charge in [-0.15, -0.1) is 0 Å². The van der Waals surface area contributed by atoms with E-state index in [9.17, 15) is 4.79 Å². The molecule has 4 heteroatoms. The summed E-state index contributed by atoms with van der Waals surface area (Å²) in [6.07, 6.45) is 3.65. The standard InChI is InChI=1S/C12H14N2O2/c1-8-4-5-14-7-9(13-10(14)6-8)12(2,3)11(15)16/h4-7H,1-3H3,(H,15,16). The number of rotatable bonds is 2. The van der Waals surface area contributed by atoms with Crippen molar-refractivity contribution in [1.82, 2.24) is 9.38 Å². The summed E-state index contributed by atoms with van der Waals surface area (Å²) < 4.78 is 1.84. The molecule has 2 heterocycles. The van der Waals surface area contributed by atoms with E-state index in [-0.39, 0.29) is 0 Å². The van der Waals surface area contributed by atoms with Crippen LogP contribution in [0.2, 0.25) is 0 Å². The number of nitrogens with zero attached hydrogens (tertiary/aromatic N) is 2. The van der Waals surface area contributed by atoms with Gasteiger partial charge in [0.25, 0.3) is 0 Å². The van der Waals surface area contributed by atoms with Gasteiger partial charge in [0.2, 0.25) is 0 Å². The van der Waals surface area contributed by atoms with Crippen LogP contribution in [0.25, 0.3) is 5.65 Å². The zero-order valence-corrected chi connectivity index (χ0v) is 9.56. The minimum Gasteiger partial charge on any atom is -0.481 e. The molecular formula is C12H14N2O2. The molecule has 84 valence electrons. The van der Waals surface area contributed by atoms with Gasteiger partial charge in [-0.1, -0.05) is 0 Å². The first-order chi connectivity index (χ1) is 7.41. The Labute approximate surface area is 93.5 Å². The van der Waals surface area contributed by atoms with E-state index >= 15 is 0 Å². The highest BCUT2D eigenvalue weighted by atomic mass is 16.4. The highest BCUT2D eigenvalue weighted by Gasteiger charge is 2.32. The topological polar surface area (TPSA) is 54.6 Å². The number of imidazole rings is 1. The van der Waals surface area contributed by atoms with Crippen LogP contribution >= 0.6 is 0 Å². The summed E-state index contributed by atoms with van der Waals surface area (Å²) in [6.45, 7) is 5.30. The smallest absolute Gasteiger partial charge is 0.315 e. The lowest BCUT2D eigenvalue weighted by atomic mass is 9.90. The number of hydrogen-bond acceptors (Lipinski definition) is 2. The van der Waals surface area contributed by atoms with Crippen molar-refractivity contribution in [2.24, 2.45) is 0 Å². The molecule has 0 aromatic carbocycles. The van der Waals surface area contributed by atoms with E-state index in [4.69, 9.17) is 5.11 Å². The summed E-state index contributed by atoms with van der Waals surface area (Å²) in [6, 6.07) is 3.90. The van der Waals surface area contributed by atoms with Gasteiger partial charge in [0.05, 0.1) is 5.69 Å². The van der Waals surface area contributed by atoms with Gasteiger partial charge in [-0.25, -0.2) is 4.98 Å². The maximum absolute atomic E-state index is 11.1. The minimum absolute atomic E-state index is 0.575. The fraction of sp³-hybridized carbons (Fsp3) is 0.333. The fourth-order valence-corrected chi connectivity index (χ4v) is 1.49. The molecule has 0 spiro atoms. The van der Waals surface area contributed by atoms with Crippen molar-refractivity contribution < 1.29 is 9.90 Å². The van der Waals surface area contributed by atoms with Crippen LogP contribution in [0.15, 0.2) is 24.5 Å². The van der Waals surface area contributed by atoms with E-state index in [1.807, 2.05) is 29.7 Å². The van der Waals surface area contributed by atoms with Gasteiger partial charge >= 0.3 is 5.97 Å². The first-order valence-electron chi connectivity index (χ1n) is 5.10. The quantitative estimate of drug-likeness (QED) is 0.838. The first kappa shape index (κ1) is 10.7. The third-order valence-electron chi connectivity index (χ3n) is 2.79. The molecular weight excluding hydrogens is 204 g/mol. The molecule has 0 unspecified atom stereocenters. The molecule has 1 N–H and O–H groups in total. The summed E-state index contributed by atoms with van der Waals surface area (Å²) in [7, 11) is 0. The highest BCUT2D eigenvalue weighted by molar-refractivity contribution is 5.79. The number of aryl methyl sites for hydroxylation is 1. The van der Waals surface area contributed by atoms with Crippen molar-refractivity contribution in [1.29, 1.82) is 0 Å². The summed E-state index contributed by atoms with van der Waals surface area (Å²) in [5.41, 5.74) is 1.51. The second-order valence-corrected chi connectivity index (χ2v) is 4.53. The van der Waals surface area contributed by atoms with Crippen LogP contribution in [0.3, 0.4) is 0 Å². The van der Waals surface area contributed by atoms with Crippen LogP contribution < -0.4 is 0 Å². The Morgan fingerprint density at radius 2 is 2.19 bits per heavy atom. The molecule has 0 aliphatic heterocycles. The van der Waals surface area contributed by atoms with Gasteiger partial charge in [-0.05, 0) is 38.5 Å². The Morgan fingerprint density at radius 1 is 1.50 bits per heavy atom. The van der Waals surface area contributed by atoms with E-state index in [1.165, 1.54) is 0 Å². The van der Waals surface area contributed by atoms with Crippen LogP contribution in [0.4, 0.5) is 0 Å². The van der Waals surface area contributed by atoms with Crippen molar-refractivity contribution in [3.8, 4) is 0 Å². The molecule has 0 atom stereocenters. The number of hydrogen-bond donors (Lipinski definition) is 1. The number of carbonyl (C=O) groups is 1. The number of fused-ring (bicyclic) bond motifs is 1. The Balaban J connectivity index is 2.59. The van der Waals surface area contributed by atoms with Gasteiger partial charge in [0.1, 0.15) is 11.1 Å². The number of carboxylic acid groups (broad SMARTS) is 1. The SMILES string of the molecule is Cc1ccn2cc(C(C)(C)C(=O)O)nc2c1. The van der Waals surface area contributed by atoms with Crippen molar-refractivity contribution >= 4 is 11.6 Å². The maximum Gasteiger partial charge on any atom is 0.315 e. The zero-order chi connectivity index (χ0) is 11.9. The summed E-state index contributed by atoms with van der Waals surface area (Å²) >= 11 is 0. The number of aliphatic carboxylic acids is 1. The van der Waals surface area contributed by atoms with E-state index in [0.717, 1.165) is 11.2 Å². The van der Waals surface area contributed by atoms with Gasteiger partial charge in [0, 0.05) is 12.4 Å². The van der Waals surface area contributed by atoms with Crippen molar-refractivity contribution in [2.75, 3.05) is 0 Å². The normalized spacial score (nSPS) is 11.9. The zero-order valence-electron chi connectivity index (χ0n) is 9.56. The van der Waals surface area contributed by atoms with E-state index < -0.39 is 11.4 Å². The average molecular weight is 218 g/mol. The monoisotopic (exact) mass is 218 g/mol. The van der Waals surface area contributed by atoms with Crippen molar-refractivity contribution in [3.63, 3.8) is 0 Å². The van der Waals surface area contributed by atoms with Crippen molar-refractivity contribution in [2.45, 2.75) is 26.2 Å². The lowest BCUT2D eigenvalue weighted by Gasteiger charge is -2.15. The van der Waals surface area contributed by atoms with Gasteiger partial charge in [-0.2, -0.15) is 0 Å². The lowest BCUT2D eigenvalue weighted by Crippen LogP contribution is -2.28. The second-order valence-electron chi connectivity index (χ2n) is 4.53. The van der Waals surface area contributed by atoms with Gasteiger partial charge < -0.3 is 9.51 Å².